The predicted molar refractivity (Wildman–Crippen MR) is 125 cm³/mol. The van der Waals surface area contributed by atoms with Gasteiger partial charge in [-0.15, -0.1) is 0 Å². The van der Waals surface area contributed by atoms with Gasteiger partial charge in [-0.3, -0.25) is 14.4 Å². The van der Waals surface area contributed by atoms with Crippen molar-refractivity contribution in [1.29, 1.82) is 0 Å². The topological polar surface area (TPSA) is 198 Å². The van der Waals surface area contributed by atoms with Crippen LogP contribution >= 0.6 is 0 Å². The molecule has 1 saturated heterocycles. The van der Waals surface area contributed by atoms with Gasteiger partial charge in [-0.05, 0) is 31.4 Å². The van der Waals surface area contributed by atoms with E-state index < -0.39 is 60.6 Å². The van der Waals surface area contributed by atoms with Gasteiger partial charge in [-0.1, -0.05) is 18.2 Å². The molecule has 5 atom stereocenters. The van der Waals surface area contributed by atoms with Crippen LogP contribution in [0.2, 0.25) is 0 Å². The van der Waals surface area contributed by atoms with Gasteiger partial charge in [0.05, 0.1) is 12.7 Å². The minimum atomic E-state index is -1.36. The molecule has 190 valence electrons. The van der Waals surface area contributed by atoms with Crippen molar-refractivity contribution >= 4 is 34.6 Å². The Kier molecular flexibility index (Phi) is 8.43. The van der Waals surface area contributed by atoms with Crippen molar-refractivity contribution < 1.29 is 34.5 Å². The number of aliphatic hydroxyl groups is 2. The number of aromatic nitrogens is 1. The van der Waals surface area contributed by atoms with Crippen LogP contribution in [0.4, 0.5) is 0 Å². The van der Waals surface area contributed by atoms with Gasteiger partial charge in [0.1, 0.15) is 24.2 Å². The number of benzene rings is 1. The van der Waals surface area contributed by atoms with E-state index in [-0.39, 0.29) is 13.0 Å². The summed E-state index contributed by atoms with van der Waals surface area (Å²) >= 11 is 0. The SMILES string of the molecule is CC(O)C(N)C(=O)NC(CO)C(=O)N1CCCC1C(=O)NC(Cc1c[nH]c2ccccc12)C(=O)O. The summed E-state index contributed by atoms with van der Waals surface area (Å²) in [6.07, 6.45) is 1.36. The number of hydrogen-bond donors (Lipinski definition) is 7. The smallest absolute Gasteiger partial charge is 0.326 e. The molecule has 0 aliphatic carbocycles. The minimum absolute atomic E-state index is 0.0400. The van der Waals surface area contributed by atoms with E-state index in [1.807, 2.05) is 24.3 Å². The zero-order valence-corrected chi connectivity index (χ0v) is 19.3. The van der Waals surface area contributed by atoms with Crippen molar-refractivity contribution in [2.24, 2.45) is 5.73 Å². The number of aromatic amines is 1. The summed E-state index contributed by atoms with van der Waals surface area (Å²) in [6, 6.07) is 2.56. The van der Waals surface area contributed by atoms with E-state index in [1.54, 1.807) is 6.20 Å². The summed E-state index contributed by atoms with van der Waals surface area (Å²) in [6.45, 7) is 0.780. The molecule has 0 bridgehead atoms. The molecule has 0 saturated carbocycles. The molecule has 5 unspecified atom stereocenters. The van der Waals surface area contributed by atoms with Gasteiger partial charge in [0, 0.05) is 30.1 Å². The van der Waals surface area contributed by atoms with Crippen molar-refractivity contribution in [2.75, 3.05) is 13.2 Å². The van der Waals surface area contributed by atoms with Gasteiger partial charge in [-0.25, -0.2) is 4.79 Å². The number of carbonyl (C=O) groups excluding carboxylic acids is 3. The van der Waals surface area contributed by atoms with E-state index in [9.17, 15) is 34.5 Å². The van der Waals surface area contributed by atoms with E-state index >= 15 is 0 Å². The lowest BCUT2D eigenvalue weighted by atomic mass is 10.0. The van der Waals surface area contributed by atoms with E-state index in [4.69, 9.17) is 5.73 Å². The fourth-order valence-corrected chi connectivity index (χ4v) is 4.16. The van der Waals surface area contributed by atoms with Crippen LogP contribution in [0.15, 0.2) is 30.5 Å². The molecule has 35 heavy (non-hydrogen) atoms. The second kappa shape index (κ2) is 11.3. The molecule has 1 aliphatic heterocycles. The second-order valence-electron chi connectivity index (χ2n) is 8.66. The Morgan fingerprint density at radius 1 is 1.20 bits per heavy atom. The Hall–Kier alpha value is -3.48. The van der Waals surface area contributed by atoms with Crippen LogP contribution in [-0.4, -0.2) is 92.3 Å². The first-order valence-corrected chi connectivity index (χ1v) is 11.4. The summed E-state index contributed by atoms with van der Waals surface area (Å²) in [5, 5.41) is 34.5. The summed E-state index contributed by atoms with van der Waals surface area (Å²) in [4.78, 5) is 54.3. The van der Waals surface area contributed by atoms with E-state index in [2.05, 4.69) is 15.6 Å². The third-order valence-corrected chi connectivity index (χ3v) is 6.17. The van der Waals surface area contributed by atoms with Crippen LogP contribution in [0, 0.1) is 0 Å². The number of fused-ring (bicyclic) bond motifs is 1. The Morgan fingerprint density at radius 3 is 2.57 bits per heavy atom. The number of likely N-dealkylation sites (tertiary alicyclic amines) is 1. The average Bonchev–Trinajstić information content (AvgIpc) is 3.48. The number of carbonyl (C=O) groups is 4. The molecule has 1 aromatic heterocycles. The highest BCUT2D eigenvalue weighted by molar-refractivity contribution is 5.95. The molecule has 1 fully saturated rings. The van der Waals surface area contributed by atoms with Crippen molar-refractivity contribution in [3.63, 3.8) is 0 Å². The molecule has 0 spiro atoms. The first-order chi connectivity index (χ1) is 16.6. The van der Waals surface area contributed by atoms with Gasteiger partial charge in [-0.2, -0.15) is 0 Å². The summed E-state index contributed by atoms with van der Waals surface area (Å²) in [5.74, 6) is -3.36. The molecule has 1 aliphatic rings. The normalized spacial score (nSPS) is 19.1. The lowest BCUT2D eigenvalue weighted by molar-refractivity contribution is -0.145. The third kappa shape index (κ3) is 5.96. The largest absolute Gasteiger partial charge is 0.480 e. The standard InChI is InChI=1S/C23H31N5O7/c1-12(30)19(24)21(32)27-17(11-29)22(33)28-8-4-7-18(28)20(31)26-16(23(34)35)9-13-10-25-15-6-3-2-5-14(13)15/h2-3,5-6,10,12,16-19,25,29-30H,4,7-9,11,24H2,1H3,(H,26,31)(H,27,32)(H,34,35). The molecule has 2 heterocycles. The first kappa shape index (κ1) is 26.1. The van der Waals surface area contributed by atoms with E-state index in [1.165, 1.54) is 11.8 Å². The van der Waals surface area contributed by atoms with Crippen LogP contribution < -0.4 is 16.4 Å². The highest BCUT2D eigenvalue weighted by atomic mass is 16.4. The molecule has 8 N–H and O–H groups in total. The van der Waals surface area contributed by atoms with Gasteiger partial charge in [0.25, 0.3) is 0 Å². The molecular weight excluding hydrogens is 458 g/mol. The number of carboxylic acid groups (broad SMARTS) is 1. The van der Waals surface area contributed by atoms with Gasteiger partial charge < -0.3 is 41.6 Å². The number of aliphatic carboxylic acids is 1. The van der Waals surface area contributed by atoms with Crippen LogP contribution in [0.1, 0.15) is 25.3 Å². The Labute approximate surface area is 201 Å². The number of amides is 3. The molecule has 2 aromatic rings. The van der Waals surface area contributed by atoms with Crippen LogP contribution in [-0.2, 0) is 25.6 Å². The van der Waals surface area contributed by atoms with Crippen LogP contribution in [0.5, 0.6) is 0 Å². The number of H-pyrrole nitrogens is 1. The Bertz CT molecular complexity index is 1090. The second-order valence-corrected chi connectivity index (χ2v) is 8.66. The fraction of sp³-hybridized carbons (Fsp3) is 0.478. The molecule has 12 nitrogen and oxygen atoms in total. The van der Waals surface area contributed by atoms with Gasteiger partial charge in [0.15, 0.2) is 0 Å². The zero-order chi connectivity index (χ0) is 25.7. The maximum atomic E-state index is 13.0. The number of nitrogens with one attached hydrogen (secondary N) is 3. The van der Waals surface area contributed by atoms with Crippen LogP contribution in [0.25, 0.3) is 10.9 Å². The molecule has 3 rings (SSSR count). The Balaban J connectivity index is 1.69. The number of hydrogen-bond acceptors (Lipinski definition) is 7. The molecule has 12 heteroatoms. The number of para-hydroxylation sites is 1. The van der Waals surface area contributed by atoms with E-state index in [0.717, 1.165) is 16.5 Å². The lowest BCUT2D eigenvalue weighted by Crippen LogP contribution is -2.59. The molecular formula is C23H31N5O7. The minimum Gasteiger partial charge on any atom is -0.480 e. The summed E-state index contributed by atoms with van der Waals surface area (Å²) in [5.41, 5.74) is 7.15. The summed E-state index contributed by atoms with van der Waals surface area (Å²) < 4.78 is 0. The Morgan fingerprint density at radius 2 is 1.91 bits per heavy atom. The van der Waals surface area contributed by atoms with Gasteiger partial charge in [0.2, 0.25) is 17.7 Å². The quantitative estimate of drug-likeness (QED) is 0.208. The summed E-state index contributed by atoms with van der Waals surface area (Å²) in [7, 11) is 0. The number of nitrogens with two attached hydrogens (primary N) is 1. The average molecular weight is 490 g/mol. The molecule has 3 amide bonds. The predicted octanol–water partition coefficient (Wildman–Crippen LogP) is -1.54. The van der Waals surface area contributed by atoms with Gasteiger partial charge >= 0.3 is 5.97 Å². The van der Waals surface area contributed by atoms with Crippen molar-refractivity contribution in [3.05, 3.63) is 36.0 Å². The number of rotatable bonds is 10. The highest BCUT2D eigenvalue weighted by Gasteiger charge is 2.39. The maximum Gasteiger partial charge on any atom is 0.326 e. The molecule has 0 radical (unpaired) electrons. The number of nitrogens with zero attached hydrogens (tertiary/aromatic N) is 1. The van der Waals surface area contributed by atoms with Crippen LogP contribution in [0.3, 0.4) is 0 Å². The van der Waals surface area contributed by atoms with E-state index in [0.29, 0.717) is 12.8 Å². The van der Waals surface area contributed by atoms with Crippen molar-refractivity contribution in [3.8, 4) is 0 Å². The number of aliphatic hydroxyl groups excluding tert-OH is 2. The first-order valence-electron chi connectivity index (χ1n) is 11.4. The lowest BCUT2D eigenvalue weighted by Gasteiger charge is -2.29. The maximum absolute atomic E-state index is 13.0. The highest BCUT2D eigenvalue weighted by Crippen LogP contribution is 2.21. The monoisotopic (exact) mass is 489 g/mol. The number of carboxylic acids is 1. The zero-order valence-electron chi connectivity index (χ0n) is 19.3. The molecule has 1 aromatic carbocycles. The third-order valence-electron chi connectivity index (χ3n) is 6.17. The fourth-order valence-electron chi connectivity index (χ4n) is 4.16. The van der Waals surface area contributed by atoms with Crippen molar-refractivity contribution in [1.82, 2.24) is 20.5 Å². The van der Waals surface area contributed by atoms with Crippen molar-refractivity contribution in [2.45, 2.75) is 56.5 Å².